The standard InChI is InChI=1S/C20H19ClN2O3/c1-13-8-9-15(21)12-16(13)22-18-17(14-6-4-3-5-7-14)19(24)23(20(18)25)10-11-26-2/h3-9,12,22H,10-11H2,1-2H3. The molecule has 0 fully saturated rings. The first-order valence-electron chi connectivity index (χ1n) is 8.21. The predicted octanol–water partition coefficient (Wildman–Crippen LogP) is 3.49. The SMILES string of the molecule is COCCN1C(=O)C(Nc2cc(Cl)ccc2C)=C(c2ccccc2)C1=O. The molecule has 0 saturated carbocycles. The molecule has 3 rings (SSSR count). The van der Waals surface area contributed by atoms with E-state index < -0.39 is 0 Å². The molecule has 6 heteroatoms. The van der Waals surface area contributed by atoms with Gasteiger partial charge in [-0.1, -0.05) is 48.0 Å². The van der Waals surface area contributed by atoms with Crippen molar-refractivity contribution in [3.05, 3.63) is 70.4 Å². The van der Waals surface area contributed by atoms with Crippen LogP contribution in [0, 0.1) is 6.92 Å². The highest BCUT2D eigenvalue weighted by Gasteiger charge is 2.39. The van der Waals surface area contributed by atoms with Crippen LogP contribution in [0.5, 0.6) is 0 Å². The summed E-state index contributed by atoms with van der Waals surface area (Å²) in [5, 5.41) is 3.68. The first kappa shape index (κ1) is 18.2. The van der Waals surface area contributed by atoms with Crippen molar-refractivity contribution in [3.63, 3.8) is 0 Å². The quantitative estimate of drug-likeness (QED) is 0.791. The lowest BCUT2D eigenvalue weighted by molar-refractivity contribution is -0.137. The monoisotopic (exact) mass is 370 g/mol. The second kappa shape index (κ2) is 7.72. The van der Waals surface area contributed by atoms with Gasteiger partial charge < -0.3 is 10.1 Å². The Kier molecular flexibility index (Phi) is 5.40. The number of hydrogen-bond acceptors (Lipinski definition) is 4. The van der Waals surface area contributed by atoms with Crippen molar-refractivity contribution >= 4 is 34.7 Å². The van der Waals surface area contributed by atoms with Gasteiger partial charge in [0.25, 0.3) is 11.8 Å². The summed E-state index contributed by atoms with van der Waals surface area (Å²) < 4.78 is 5.03. The van der Waals surface area contributed by atoms with Gasteiger partial charge in [0.1, 0.15) is 5.70 Å². The van der Waals surface area contributed by atoms with Crippen molar-refractivity contribution in [2.75, 3.05) is 25.6 Å². The fraction of sp³-hybridized carbons (Fsp3) is 0.200. The van der Waals surface area contributed by atoms with Gasteiger partial charge >= 0.3 is 0 Å². The number of nitrogens with one attached hydrogen (secondary N) is 1. The summed E-state index contributed by atoms with van der Waals surface area (Å²) in [6.45, 7) is 2.39. The van der Waals surface area contributed by atoms with Crippen molar-refractivity contribution in [2.45, 2.75) is 6.92 Å². The number of ether oxygens (including phenoxy) is 1. The number of benzene rings is 2. The smallest absolute Gasteiger partial charge is 0.278 e. The van der Waals surface area contributed by atoms with E-state index in [2.05, 4.69) is 5.32 Å². The Morgan fingerprint density at radius 1 is 1.08 bits per heavy atom. The number of hydrogen-bond donors (Lipinski definition) is 1. The van der Waals surface area contributed by atoms with Crippen LogP contribution in [-0.4, -0.2) is 37.0 Å². The van der Waals surface area contributed by atoms with E-state index in [1.807, 2.05) is 43.3 Å². The molecular formula is C20H19ClN2O3. The second-order valence-electron chi connectivity index (χ2n) is 5.96. The molecule has 0 radical (unpaired) electrons. The second-order valence-corrected chi connectivity index (χ2v) is 6.39. The van der Waals surface area contributed by atoms with Gasteiger partial charge in [-0.3, -0.25) is 14.5 Å². The van der Waals surface area contributed by atoms with E-state index in [-0.39, 0.29) is 30.7 Å². The maximum atomic E-state index is 12.9. The molecule has 0 unspecified atom stereocenters. The van der Waals surface area contributed by atoms with Gasteiger partial charge in [-0.05, 0) is 30.2 Å². The normalized spacial score (nSPS) is 14.3. The molecule has 26 heavy (non-hydrogen) atoms. The zero-order valence-corrected chi connectivity index (χ0v) is 15.3. The molecule has 2 aromatic rings. The lowest BCUT2D eigenvalue weighted by atomic mass is 10.0. The number of imide groups is 1. The fourth-order valence-corrected chi connectivity index (χ4v) is 2.99. The highest BCUT2D eigenvalue weighted by atomic mass is 35.5. The van der Waals surface area contributed by atoms with Gasteiger partial charge in [0.05, 0.1) is 18.7 Å². The molecule has 1 N–H and O–H groups in total. The van der Waals surface area contributed by atoms with E-state index in [9.17, 15) is 9.59 Å². The van der Waals surface area contributed by atoms with E-state index >= 15 is 0 Å². The van der Waals surface area contributed by atoms with Crippen LogP contribution in [0.1, 0.15) is 11.1 Å². The number of carbonyl (C=O) groups is 2. The molecule has 2 amide bonds. The highest BCUT2D eigenvalue weighted by molar-refractivity contribution is 6.36. The van der Waals surface area contributed by atoms with E-state index in [4.69, 9.17) is 16.3 Å². The van der Waals surface area contributed by atoms with Crippen LogP contribution < -0.4 is 5.32 Å². The topological polar surface area (TPSA) is 58.6 Å². The van der Waals surface area contributed by atoms with Crippen LogP contribution in [0.2, 0.25) is 5.02 Å². The number of nitrogens with zero attached hydrogens (tertiary/aromatic N) is 1. The van der Waals surface area contributed by atoms with Gasteiger partial charge in [-0.25, -0.2) is 0 Å². The molecular weight excluding hydrogens is 352 g/mol. The van der Waals surface area contributed by atoms with Crippen molar-refractivity contribution in [1.29, 1.82) is 0 Å². The van der Waals surface area contributed by atoms with Crippen LogP contribution in [0.25, 0.3) is 5.57 Å². The molecule has 0 aliphatic carbocycles. The number of rotatable bonds is 6. The minimum Gasteiger partial charge on any atom is -0.383 e. The lowest BCUT2D eigenvalue weighted by Gasteiger charge is -2.15. The van der Waals surface area contributed by atoms with E-state index in [1.165, 1.54) is 12.0 Å². The molecule has 134 valence electrons. The first-order valence-corrected chi connectivity index (χ1v) is 8.58. The summed E-state index contributed by atoms with van der Waals surface area (Å²) in [6, 6.07) is 14.5. The Bertz CT molecular complexity index is 878. The highest BCUT2D eigenvalue weighted by Crippen LogP contribution is 2.31. The first-order chi connectivity index (χ1) is 12.5. The zero-order chi connectivity index (χ0) is 18.7. The summed E-state index contributed by atoms with van der Waals surface area (Å²) in [7, 11) is 1.53. The fourth-order valence-electron chi connectivity index (χ4n) is 2.81. The maximum Gasteiger partial charge on any atom is 0.278 e. The number of amides is 2. The molecule has 1 aliphatic rings. The van der Waals surface area contributed by atoms with Crippen LogP contribution in [-0.2, 0) is 14.3 Å². The Hall–Kier alpha value is -2.63. The molecule has 0 aromatic heterocycles. The molecule has 1 aliphatic heterocycles. The van der Waals surface area contributed by atoms with Gasteiger partial charge in [-0.15, -0.1) is 0 Å². The van der Waals surface area contributed by atoms with E-state index in [0.717, 1.165) is 5.56 Å². The van der Waals surface area contributed by atoms with Crippen LogP contribution >= 0.6 is 11.6 Å². The predicted molar refractivity (Wildman–Crippen MR) is 102 cm³/mol. The number of aryl methyl sites for hydroxylation is 1. The van der Waals surface area contributed by atoms with Crippen molar-refractivity contribution in [2.24, 2.45) is 0 Å². The molecule has 0 spiro atoms. The summed E-state index contributed by atoms with van der Waals surface area (Å²) in [6.07, 6.45) is 0. The van der Waals surface area contributed by atoms with Gasteiger partial charge in [0.2, 0.25) is 0 Å². The third kappa shape index (κ3) is 3.49. The Labute approximate surface area is 157 Å². The average molecular weight is 371 g/mol. The van der Waals surface area contributed by atoms with Gasteiger partial charge in [0, 0.05) is 17.8 Å². The molecule has 0 atom stereocenters. The summed E-state index contributed by atoms with van der Waals surface area (Å²) >= 11 is 6.08. The molecule has 0 bridgehead atoms. The Balaban J connectivity index is 2.06. The van der Waals surface area contributed by atoms with E-state index in [0.29, 0.717) is 21.8 Å². The van der Waals surface area contributed by atoms with Crippen LogP contribution in [0.4, 0.5) is 5.69 Å². The third-order valence-corrected chi connectivity index (χ3v) is 4.44. The van der Waals surface area contributed by atoms with Crippen LogP contribution in [0.3, 0.4) is 0 Å². The minimum atomic E-state index is -0.370. The van der Waals surface area contributed by atoms with E-state index in [1.54, 1.807) is 12.1 Å². The number of carbonyl (C=O) groups excluding carboxylic acids is 2. The summed E-state index contributed by atoms with van der Waals surface area (Å²) in [5.41, 5.74) is 2.90. The number of halogens is 1. The largest absolute Gasteiger partial charge is 0.383 e. The number of methoxy groups -OCH3 is 1. The molecule has 2 aromatic carbocycles. The Morgan fingerprint density at radius 2 is 1.81 bits per heavy atom. The Morgan fingerprint density at radius 3 is 2.50 bits per heavy atom. The van der Waals surface area contributed by atoms with Crippen molar-refractivity contribution in [1.82, 2.24) is 4.90 Å². The van der Waals surface area contributed by atoms with Crippen LogP contribution in [0.15, 0.2) is 54.2 Å². The van der Waals surface area contributed by atoms with Gasteiger partial charge in [0.15, 0.2) is 0 Å². The summed E-state index contributed by atoms with van der Waals surface area (Å²) in [4.78, 5) is 27.0. The average Bonchev–Trinajstić information content (AvgIpc) is 2.87. The minimum absolute atomic E-state index is 0.199. The molecule has 0 saturated heterocycles. The van der Waals surface area contributed by atoms with Crippen molar-refractivity contribution < 1.29 is 14.3 Å². The lowest BCUT2D eigenvalue weighted by Crippen LogP contribution is -2.35. The zero-order valence-electron chi connectivity index (χ0n) is 14.6. The third-order valence-electron chi connectivity index (χ3n) is 4.21. The molecule has 1 heterocycles. The number of anilines is 1. The summed E-state index contributed by atoms with van der Waals surface area (Å²) in [5.74, 6) is -0.703. The molecule has 5 nitrogen and oxygen atoms in total. The maximum absolute atomic E-state index is 12.9. The van der Waals surface area contributed by atoms with Gasteiger partial charge in [-0.2, -0.15) is 0 Å². The van der Waals surface area contributed by atoms with Crippen molar-refractivity contribution in [3.8, 4) is 0 Å².